The number of tetrazole rings is 1. The molecule has 1 fully saturated rings. The van der Waals surface area contributed by atoms with E-state index in [2.05, 4.69) is 63.6 Å². The zero-order valence-corrected chi connectivity index (χ0v) is 15.2. The number of hydrogen-bond acceptors (Lipinski definition) is 6. The third kappa shape index (κ3) is 3.54. The molecule has 0 amide bonds. The van der Waals surface area contributed by atoms with Crippen LogP contribution in [0.5, 0.6) is 0 Å². The summed E-state index contributed by atoms with van der Waals surface area (Å²) in [5.74, 6) is 1.70. The predicted octanol–water partition coefficient (Wildman–Crippen LogP) is 1.96. The van der Waals surface area contributed by atoms with Gasteiger partial charge in [0.1, 0.15) is 12.3 Å². The van der Waals surface area contributed by atoms with Crippen LogP contribution in [0.2, 0.25) is 0 Å². The van der Waals surface area contributed by atoms with Gasteiger partial charge in [-0.05, 0) is 42.1 Å². The van der Waals surface area contributed by atoms with Crippen LogP contribution in [0.4, 0.5) is 0 Å². The van der Waals surface area contributed by atoms with E-state index >= 15 is 0 Å². The Morgan fingerprint density at radius 2 is 1.85 bits per heavy atom. The monoisotopic (exact) mass is 352 g/mol. The lowest BCUT2D eigenvalue weighted by Crippen LogP contribution is -2.46. The van der Waals surface area contributed by atoms with E-state index in [0.29, 0.717) is 6.54 Å². The molecule has 0 saturated carbocycles. The summed E-state index contributed by atoms with van der Waals surface area (Å²) in [5.41, 5.74) is 2.47. The van der Waals surface area contributed by atoms with Crippen LogP contribution in [0.3, 0.4) is 0 Å². The molecular formula is C19H24N6O. The fraction of sp³-hybridized carbons (Fsp3) is 0.421. The Balaban J connectivity index is 1.69. The molecule has 0 N–H and O–H groups in total. The normalized spacial score (nSPS) is 17.5. The Morgan fingerprint density at radius 1 is 1.08 bits per heavy atom. The van der Waals surface area contributed by atoms with E-state index in [1.807, 2.05) is 16.8 Å². The molecule has 0 bridgehead atoms. The Kier molecular flexibility index (Phi) is 4.81. The summed E-state index contributed by atoms with van der Waals surface area (Å²) in [6.45, 7) is 6.70. The van der Waals surface area contributed by atoms with E-state index in [1.165, 1.54) is 11.1 Å². The molecule has 7 heteroatoms. The van der Waals surface area contributed by atoms with Crippen LogP contribution >= 0.6 is 0 Å². The van der Waals surface area contributed by atoms with Crippen molar-refractivity contribution in [1.29, 1.82) is 0 Å². The lowest BCUT2D eigenvalue weighted by Gasteiger charge is -2.37. The standard InChI is InChI=1S/C19H24N6O/c1-15-5-7-16(8-6-15)18(24-11-9-23(2)10-12-24)19-20-21-22-25(19)14-17-4-3-13-26-17/h3-8,13,18H,9-12,14H2,1-2H3. The van der Waals surface area contributed by atoms with Gasteiger partial charge in [-0.3, -0.25) is 4.90 Å². The summed E-state index contributed by atoms with van der Waals surface area (Å²) in [6, 6.07) is 12.5. The molecular weight excluding hydrogens is 328 g/mol. The maximum atomic E-state index is 5.49. The lowest BCUT2D eigenvalue weighted by molar-refractivity contribution is 0.121. The third-order valence-electron chi connectivity index (χ3n) is 4.99. The Morgan fingerprint density at radius 3 is 2.54 bits per heavy atom. The first kappa shape index (κ1) is 16.9. The Labute approximate surface area is 153 Å². The average molecular weight is 352 g/mol. The SMILES string of the molecule is Cc1ccc(C(c2nnnn2Cc2ccco2)N2CCN(C)CC2)cc1. The molecule has 1 saturated heterocycles. The van der Waals surface area contributed by atoms with Crippen molar-refractivity contribution in [3.8, 4) is 0 Å². The van der Waals surface area contributed by atoms with Crippen LogP contribution in [0.25, 0.3) is 0 Å². The second-order valence-corrected chi connectivity index (χ2v) is 6.93. The van der Waals surface area contributed by atoms with Crippen molar-refractivity contribution < 1.29 is 4.42 Å². The van der Waals surface area contributed by atoms with Crippen LogP contribution in [0.15, 0.2) is 47.1 Å². The highest BCUT2D eigenvalue weighted by molar-refractivity contribution is 5.28. The Hall–Kier alpha value is -2.51. The van der Waals surface area contributed by atoms with Gasteiger partial charge in [-0.25, -0.2) is 4.68 Å². The van der Waals surface area contributed by atoms with Crippen LogP contribution < -0.4 is 0 Å². The van der Waals surface area contributed by atoms with E-state index < -0.39 is 0 Å². The van der Waals surface area contributed by atoms with Crippen LogP contribution in [0, 0.1) is 6.92 Å². The van der Waals surface area contributed by atoms with E-state index in [-0.39, 0.29) is 6.04 Å². The molecule has 2 aromatic heterocycles. The highest BCUT2D eigenvalue weighted by atomic mass is 16.3. The molecule has 136 valence electrons. The highest BCUT2D eigenvalue weighted by Crippen LogP contribution is 2.28. The van der Waals surface area contributed by atoms with E-state index in [9.17, 15) is 0 Å². The van der Waals surface area contributed by atoms with Crippen LogP contribution in [-0.2, 0) is 6.54 Å². The highest BCUT2D eigenvalue weighted by Gasteiger charge is 2.30. The second kappa shape index (κ2) is 7.39. The molecule has 0 aliphatic carbocycles. The molecule has 3 aromatic rings. The first-order chi connectivity index (χ1) is 12.7. The van der Waals surface area contributed by atoms with Gasteiger partial charge in [0.25, 0.3) is 0 Å². The first-order valence-electron chi connectivity index (χ1n) is 8.98. The van der Waals surface area contributed by atoms with Crippen LogP contribution in [-0.4, -0.2) is 63.2 Å². The molecule has 1 aliphatic rings. The number of aryl methyl sites for hydroxylation is 1. The summed E-state index contributed by atoms with van der Waals surface area (Å²) >= 11 is 0. The number of piperazine rings is 1. The van der Waals surface area contributed by atoms with Crippen LogP contribution in [0.1, 0.15) is 28.8 Å². The molecule has 1 unspecified atom stereocenters. The van der Waals surface area contributed by atoms with Gasteiger partial charge in [0.05, 0.1) is 12.3 Å². The van der Waals surface area contributed by atoms with Gasteiger partial charge < -0.3 is 9.32 Å². The van der Waals surface area contributed by atoms with Crippen molar-refractivity contribution >= 4 is 0 Å². The molecule has 1 atom stereocenters. The number of rotatable bonds is 5. The van der Waals surface area contributed by atoms with Gasteiger partial charge in [-0.2, -0.15) is 0 Å². The maximum Gasteiger partial charge on any atom is 0.173 e. The first-order valence-corrected chi connectivity index (χ1v) is 8.98. The van der Waals surface area contributed by atoms with Crippen molar-refractivity contribution in [1.82, 2.24) is 30.0 Å². The molecule has 1 aliphatic heterocycles. The van der Waals surface area contributed by atoms with Gasteiger partial charge >= 0.3 is 0 Å². The fourth-order valence-corrected chi connectivity index (χ4v) is 3.42. The minimum atomic E-state index is 0.0364. The summed E-state index contributed by atoms with van der Waals surface area (Å²) < 4.78 is 7.33. The van der Waals surface area contributed by atoms with E-state index in [1.54, 1.807) is 6.26 Å². The molecule has 0 spiro atoms. The van der Waals surface area contributed by atoms with Crippen molar-refractivity contribution in [2.45, 2.75) is 19.5 Å². The van der Waals surface area contributed by atoms with Gasteiger partial charge in [0, 0.05) is 26.2 Å². The molecule has 4 rings (SSSR count). The summed E-state index contributed by atoms with van der Waals surface area (Å²) in [4.78, 5) is 4.82. The number of hydrogen-bond donors (Lipinski definition) is 0. The lowest BCUT2D eigenvalue weighted by atomic mass is 10.0. The van der Waals surface area contributed by atoms with Gasteiger partial charge in [-0.1, -0.05) is 29.8 Å². The van der Waals surface area contributed by atoms with Crippen molar-refractivity contribution in [3.05, 3.63) is 65.4 Å². The van der Waals surface area contributed by atoms with Gasteiger partial charge in [-0.15, -0.1) is 5.10 Å². The summed E-state index contributed by atoms with van der Waals surface area (Å²) in [7, 11) is 2.17. The average Bonchev–Trinajstić information content (AvgIpc) is 3.32. The number of nitrogens with zero attached hydrogens (tertiary/aromatic N) is 6. The van der Waals surface area contributed by atoms with Gasteiger partial charge in [0.2, 0.25) is 0 Å². The molecule has 1 aromatic carbocycles. The third-order valence-corrected chi connectivity index (χ3v) is 4.99. The number of likely N-dealkylation sites (N-methyl/N-ethyl adjacent to an activating group) is 1. The minimum Gasteiger partial charge on any atom is -0.467 e. The zero-order valence-electron chi connectivity index (χ0n) is 15.2. The maximum absolute atomic E-state index is 5.49. The zero-order chi connectivity index (χ0) is 17.9. The largest absolute Gasteiger partial charge is 0.467 e. The van der Waals surface area contributed by atoms with E-state index in [4.69, 9.17) is 4.42 Å². The number of benzene rings is 1. The summed E-state index contributed by atoms with van der Waals surface area (Å²) in [5, 5.41) is 12.6. The Bertz CT molecular complexity index is 818. The summed E-state index contributed by atoms with van der Waals surface area (Å²) in [6.07, 6.45) is 1.68. The fourth-order valence-electron chi connectivity index (χ4n) is 3.42. The molecule has 3 heterocycles. The number of furan rings is 1. The molecule has 0 radical (unpaired) electrons. The number of aromatic nitrogens is 4. The van der Waals surface area contributed by atoms with Crippen molar-refractivity contribution in [3.63, 3.8) is 0 Å². The van der Waals surface area contributed by atoms with Crippen molar-refractivity contribution in [2.75, 3.05) is 33.2 Å². The minimum absolute atomic E-state index is 0.0364. The smallest absolute Gasteiger partial charge is 0.173 e. The van der Waals surface area contributed by atoms with Gasteiger partial charge in [0.15, 0.2) is 5.82 Å². The van der Waals surface area contributed by atoms with E-state index in [0.717, 1.165) is 37.8 Å². The second-order valence-electron chi connectivity index (χ2n) is 6.93. The predicted molar refractivity (Wildman–Crippen MR) is 97.7 cm³/mol. The quantitative estimate of drug-likeness (QED) is 0.699. The van der Waals surface area contributed by atoms with Crippen molar-refractivity contribution in [2.24, 2.45) is 0 Å². The molecule has 26 heavy (non-hydrogen) atoms. The topological polar surface area (TPSA) is 63.2 Å². The molecule has 7 nitrogen and oxygen atoms in total.